The summed E-state index contributed by atoms with van der Waals surface area (Å²) >= 11 is 0. The van der Waals surface area contributed by atoms with Gasteiger partial charge in [0, 0.05) is 35.3 Å². The van der Waals surface area contributed by atoms with Gasteiger partial charge in [-0.15, -0.1) is 0 Å². The number of amidine groups is 1. The van der Waals surface area contributed by atoms with E-state index in [1.165, 1.54) is 18.9 Å². The van der Waals surface area contributed by atoms with E-state index in [4.69, 9.17) is 21.6 Å². The largest absolute Gasteiger partial charge is 0.395 e. The Balaban J connectivity index is 1.45. The van der Waals surface area contributed by atoms with Crippen LogP contribution in [0.25, 0.3) is 11.0 Å². The minimum Gasteiger partial charge on any atom is -0.395 e. The van der Waals surface area contributed by atoms with E-state index in [-0.39, 0.29) is 18.3 Å². The van der Waals surface area contributed by atoms with Gasteiger partial charge < -0.3 is 21.7 Å². The highest BCUT2D eigenvalue weighted by molar-refractivity contribution is 5.97. The van der Waals surface area contributed by atoms with Crippen molar-refractivity contribution in [2.24, 2.45) is 22.4 Å². The van der Waals surface area contributed by atoms with Gasteiger partial charge in [-0.05, 0) is 57.0 Å². The summed E-state index contributed by atoms with van der Waals surface area (Å²) < 4.78 is 16.2. The molecule has 1 unspecified atom stereocenters. The highest BCUT2D eigenvalue weighted by atomic mass is 19.1. The second kappa shape index (κ2) is 8.09. The SMILES string of the molecule is NC1=CNC(c2nn(Cc3ccccc3F)c3ncccc23)(C2CCN(C3CC3)CC2)N=C1N. The zero-order valence-electron chi connectivity index (χ0n) is 19.0. The van der Waals surface area contributed by atoms with Crippen molar-refractivity contribution in [1.29, 1.82) is 0 Å². The standard InChI is InChI=1S/C25H29FN8/c26-20-6-2-1-4-16(20)15-34-24-19(5-3-11-29-24)22(32-34)25(30-14-21(27)23(28)31-25)17-9-12-33(13-10-17)18-7-8-18/h1-6,11,14,17-18,30H,7-10,12-13,15,27H2,(H2,28,31). The summed E-state index contributed by atoms with van der Waals surface area (Å²) in [6, 6.07) is 11.4. The molecular formula is C25H29FN8. The number of benzene rings is 1. The Morgan fingerprint density at radius 3 is 2.59 bits per heavy atom. The molecule has 1 saturated heterocycles. The van der Waals surface area contributed by atoms with Gasteiger partial charge in [0.25, 0.3) is 0 Å². The number of aliphatic imine (C=N–C) groups is 1. The highest BCUT2D eigenvalue weighted by Crippen LogP contribution is 2.43. The number of hydrogen-bond acceptors (Lipinski definition) is 7. The number of hydrogen-bond donors (Lipinski definition) is 3. The summed E-state index contributed by atoms with van der Waals surface area (Å²) in [5.41, 5.74) is 13.9. The smallest absolute Gasteiger partial charge is 0.180 e. The molecule has 8 nitrogen and oxygen atoms in total. The van der Waals surface area contributed by atoms with E-state index in [1.807, 2.05) is 18.2 Å². The molecule has 1 atom stereocenters. The monoisotopic (exact) mass is 460 g/mol. The van der Waals surface area contributed by atoms with Crippen LogP contribution in [0.4, 0.5) is 4.39 Å². The lowest BCUT2D eigenvalue weighted by Gasteiger charge is -2.43. The van der Waals surface area contributed by atoms with E-state index in [0.717, 1.165) is 43.1 Å². The molecule has 1 saturated carbocycles. The Kier molecular flexibility index (Phi) is 5.02. The molecule has 2 fully saturated rings. The molecule has 2 aromatic heterocycles. The van der Waals surface area contributed by atoms with E-state index >= 15 is 0 Å². The number of rotatable bonds is 5. The fourth-order valence-electron chi connectivity index (χ4n) is 5.38. The van der Waals surface area contributed by atoms with Gasteiger partial charge in [-0.3, -0.25) is 0 Å². The lowest BCUT2D eigenvalue weighted by molar-refractivity contribution is 0.109. The maximum absolute atomic E-state index is 14.5. The molecule has 0 radical (unpaired) electrons. The number of nitrogens with one attached hydrogen (secondary N) is 1. The second-order valence-electron chi connectivity index (χ2n) is 9.52. The molecule has 9 heteroatoms. The van der Waals surface area contributed by atoms with Crippen LogP contribution in [0.2, 0.25) is 0 Å². The van der Waals surface area contributed by atoms with Crippen LogP contribution in [0.5, 0.6) is 0 Å². The van der Waals surface area contributed by atoms with Gasteiger partial charge in [0.05, 0.1) is 12.2 Å². The summed E-state index contributed by atoms with van der Waals surface area (Å²) in [7, 11) is 0. The first-order chi connectivity index (χ1) is 16.5. The molecule has 6 rings (SSSR count). The molecule has 176 valence electrons. The Morgan fingerprint density at radius 2 is 1.85 bits per heavy atom. The summed E-state index contributed by atoms with van der Waals surface area (Å²) in [5, 5.41) is 9.37. The van der Waals surface area contributed by atoms with Crippen LogP contribution in [-0.2, 0) is 12.2 Å². The molecule has 1 aromatic carbocycles. The third-order valence-corrected chi connectivity index (χ3v) is 7.37. The number of halogens is 1. The van der Waals surface area contributed by atoms with Crippen molar-refractivity contribution in [2.75, 3.05) is 13.1 Å². The summed E-state index contributed by atoms with van der Waals surface area (Å²) in [5.74, 6) is 0.217. The van der Waals surface area contributed by atoms with E-state index < -0.39 is 5.66 Å². The van der Waals surface area contributed by atoms with Gasteiger partial charge in [-0.25, -0.2) is 19.0 Å². The Morgan fingerprint density at radius 1 is 1.06 bits per heavy atom. The van der Waals surface area contributed by atoms with Crippen molar-refractivity contribution in [2.45, 2.75) is 43.9 Å². The van der Waals surface area contributed by atoms with Crippen LogP contribution < -0.4 is 16.8 Å². The lowest BCUT2D eigenvalue weighted by Crippen LogP contribution is -2.53. The predicted octanol–water partition coefficient (Wildman–Crippen LogP) is 2.41. The van der Waals surface area contributed by atoms with Gasteiger partial charge >= 0.3 is 0 Å². The highest BCUT2D eigenvalue weighted by Gasteiger charge is 2.47. The Labute approximate surface area is 197 Å². The Bertz CT molecular complexity index is 1290. The van der Waals surface area contributed by atoms with Crippen molar-refractivity contribution in [3.05, 3.63) is 71.6 Å². The molecular weight excluding hydrogens is 431 g/mol. The first-order valence-corrected chi connectivity index (χ1v) is 11.9. The van der Waals surface area contributed by atoms with Crippen LogP contribution in [0.15, 0.2) is 59.5 Å². The molecule has 4 heterocycles. The molecule has 0 amide bonds. The van der Waals surface area contributed by atoms with E-state index in [2.05, 4.69) is 15.2 Å². The topological polar surface area (TPSA) is 110 Å². The molecule has 1 aliphatic carbocycles. The van der Waals surface area contributed by atoms with Gasteiger partial charge in [0.15, 0.2) is 11.3 Å². The lowest BCUT2D eigenvalue weighted by atomic mass is 9.80. The third-order valence-electron chi connectivity index (χ3n) is 7.37. The van der Waals surface area contributed by atoms with Gasteiger partial charge in [-0.1, -0.05) is 18.2 Å². The van der Waals surface area contributed by atoms with Crippen LogP contribution in [0.1, 0.15) is 36.9 Å². The van der Waals surface area contributed by atoms with Crippen molar-refractivity contribution in [1.82, 2.24) is 25.0 Å². The third kappa shape index (κ3) is 3.51. The number of piperidine rings is 1. The first-order valence-electron chi connectivity index (χ1n) is 11.9. The summed E-state index contributed by atoms with van der Waals surface area (Å²) in [6.07, 6.45) is 8.01. The van der Waals surface area contributed by atoms with Gasteiger partial charge in [0.2, 0.25) is 0 Å². The van der Waals surface area contributed by atoms with E-state index in [9.17, 15) is 4.39 Å². The minimum atomic E-state index is -0.857. The van der Waals surface area contributed by atoms with Crippen molar-refractivity contribution < 1.29 is 4.39 Å². The van der Waals surface area contributed by atoms with Crippen molar-refractivity contribution in [3.8, 4) is 0 Å². The second-order valence-corrected chi connectivity index (χ2v) is 9.52. The molecule has 34 heavy (non-hydrogen) atoms. The van der Waals surface area contributed by atoms with Crippen molar-refractivity contribution >= 4 is 16.9 Å². The van der Waals surface area contributed by atoms with Gasteiger partial charge in [-0.2, -0.15) is 5.10 Å². The maximum atomic E-state index is 14.5. The van der Waals surface area contributed by atoms with Crippen LogP contribution in [0.3, 0.4) is 0 Å². The van der Waals surface area contributed by atoms with Crippen LogP contribution in [-0.4, -0.2) is 44.6 Å². The predicted molar refractivity (Wildman–Crippen MR) is 129 cm³/mol. The molecule has 2 aliphatic heterocycles. The summed E-state index contributed by atoms with van der Waals surface area (Å²) in [6.45, 7) is 2.33. The average molecular weight is 461 g/mol. The quantitative estimate of drug-likeness (QED) is 0.539. The molecule has 0 spiro atoms. The number of nitrogens with two attached hydrogens (primary N) is 2. The van der Waals surface area contributed by atoms with Gasteiger partial charge in [0.1, 0.15) is 17.3 Å². The number of nitrogens with zero attached hydrogens (tertiary/aromatic N) is 5. The molecule has 3 aliphatic rings. The first kappa shape index (κ1) is 21.1. The van der Waals surface area contributed by atoms with E-state index in [0.29, 0.717) is 22.7 Å². The minimum absolute atomic E-state index is 0.172. The number of pyridine rings is 1. The molecule has 3 aromatic rings. The zero-order valence-corrected chi connectivity index (χ0v) is 19.0. The molecule has 5 N–H and O–H groups in total. The Hall–Kier alpha value is -3.46. The van der Waals surface area contributed by atoms with Crippen molar-refractivity contribution in [3.63, 3.8) is 0 Å². The summed E-state index contributed by atoms with van der Waals surface area (Å²) in [4.78, 5) is 12.1. The average Bonchev–Trinajstić information content (AvgIpc) is 3.65. The fourth-order valence-corrected chi connectivity index (χ4v) is 5.38. The van der Waals surface area contributed by atoms with Crippen LogP contribution in [0, 0.1) is 11.7 Å². The maximum Gasteiger partial charge on any atom is 0.180 e. The fraction of sp³-hybridized carbons (Fsp3) is 0.400. The number of fused-ring (bicyclic) bond motifs is 1. The zero-order chi connectivity index (χ0) is 23.3. The number of aromatic nitrogens is 3. The van der Waals surface area contributed by atoms with Crippen LogP contribution >= 0.6 is 0 Å². The normalized spacial score (nSPS) is 24.0. The van der Waals surface area contributed by atoms with E-state index in [1.54, 1.807) is 29.2 Å². The number of likely N-dealkylation sites (tertiary alicyclic amines) is 1. The molecule has 0 bridgehead atoms.